The van der Waals surface area contributed by atoms with Crippen LogP contribution in [-0.4, -0.2) is 47.7 Å². The second kappa shape index (κ2) is 10.2. The zero-order valence-corrected chi connectivity index (χ0v) is 19.2. The summed E-state index contributed by atoms with van der Waals surface area (Å²) in [5, 5.41) is 3.72. The van der Waals surface area contributed by atoms with E-state index in [9.17, 15) is 14.4 Å². The van der Waals surface area contributed by atoms with E-state index in [1.165, 1.54) is 4.90 Å². The monoisotopic (exact) mass is 443 g/mol. The Labute approximate surface area is 189 Å². The van der Waals surface area contributed by atoms with E-state index in [1.807, 2.05) is 58.0 Å². The van der Waals surface area contributed by atoms with Gasteiger partial charge in [0.05, 0.1) is 12.0 Å². The van der Waals surface area contributed by atoms with Crippen molar-refractivity contribution in [1.82, 2.24) is 4.90 Å². The first-order valence-corrected chi connectivity index (χ1v) is 11.3. The third kappa shape index (κ3) is 5.16. The van der Waals surface area contributed by atoms with Crippen molar-refractivity contribution in [2.24, 2.45) is 28.8 Å². The van der Waals surface area contributed by atoms with Crippen molar-refractivity contribution in [1.29, 1.82) is 5.53 Å². The fourth-order valence-electron chi connectivity index (χ4n) is 4.56. The molecule has 2 saturated heterocycles. The number of hydrogen-bond acceptors (Lipinski definition) is 7. The van der Waals surface area contributed by atoms with Crippen molar-refractivity contribution in [3.63, 3.8) is 0 Å². The molecule has 0 spiro atoms. The zero-order chi connectivity index (χ0) is 23.4. The fraction of sp³-hybridized carbons (Fsp3) is 0.625. The Morgan fingerprint density at radius 3 is 2.44 bits per heavy atom. The van der Waals surface area contributed by atoms with Gasteiger partial charge in [0.25, 0.3) is 0 Å². The minimum Gasteiger partial charge on any atom is -0.460 e. The molecule has 0 aromatic heterocycles. The average molecular weight is 444 g/mol. The Balaban J connectivity index is 1.74. The Hall–Kier alpha value is -2.77. The molecule has 32 heavy (non-hydrogen) atoms. The minimum atomic E-state index is -0.631. The van der Waals surface area contributed by atoms with Gasteiger partial charge in [0.15, 0.2) is 0 Å². The van der Waals surface area contributed by atoms with E-state index in [2.05, 4.69) is 5.11 Å². The van der Waals surface area contributed by atoms with Crippen LogP contribution in [0.15, 0.2) is 35.4 Å². The molecule has 5 atom stereocenters. The number of carbonyl (C=O) groups excluding carboxylic acids is 3. The van der Waals surface area contributed by atoms with Crippen molar-refractivity contribution in [3.8, 4) is 0 Å². The van der Waals surface area contributed by atoms with E-state index in [0.717, 1.165) is 5.56 Å². The predicted molar refractivity (Wildman–Crippen MR) is 117 cm³/mol. The van der Waals surface area contributed by atoms with Gasteiger partial charge in [-0.15, -0.1) is 0 Å². The summed E-state index contributed by atoms with van der Waals surface area (Å²) in [5.41, 5.74) is 8.71. The molecule has 0 saturated carbocycles. The first-order chi connectivity index (χ1) is 15.2. The lowest BCUT2D eigenvalue weighted by molar-refractivity contribution is -0.146. The summed E-state index contributed by atoms with van der Waals surface area (Å²) >= 11 is 0. The van der Waals surface area contributed by atoms with Crippen LogP contribution in [0.3, 0.4) is 0 Å². The summed E-state index contributed by atoms with van der Waals surface area (Å²) in [6, 6.07) is 8.68. The third-order valence-corrected chi connectivity index (χ3v) is 6.59. The van der Waals surface area contributed by atoms with Gasteiger partial charge in [-0.1, -0.05) is 58.0 Å². The second-order valence-corrected chi connectivity index (χ2v) is 9.47. The number of nitrogens with one attached hydrogen (secondary N) is 1. The number of cyclic esters (lactones) is 2. The molecule has 1 aromatic rings. The van der Waals surface area contributed by atoms with Gasteiger partial charge < -0.3 is 9.47 Å². The minimum absolute atomic E-state index is 0.0875. The van der Waals surface area contributed by atoms with Crippen LogP contribution in [0.25, 0.3) is 0 Å². The van der Waals surface area contributed by atoms with Gasteiger partial charge in [-0.05, 0) is 30.2 Å². The molecule has 3 rings (SSSR count). The molecule has 1 N–H and O–H groups in total. The van der Waals surface area contributed by atoms with Crippen LogP contribution in [-0.2, 0) is 25.5 Å². The number of amides is 2. The first kappa shape index (κ1) is 23.9. The van der Waals surface area contributed by atoms with E-state index in [1.54, 1.807) is 0 Å². The Morgan fingerprint density at radius 2 is 1.88 bits per heavy atom. The standard InChI is InChI=1S/C24H33N3O5/c1-14(2)18(11-20(26-25)21-12-19(15(3)4)23(29)32-21)22(28)27-17(13-31-24(27)30)10-16-8-6-5-7-9-16/h5-9,14-15,17-21,25H,10-13H2,1-4H3/t17-,18-,19?,20-,21-/m0/s1. The highest BCUT2D eigenvalue weighted by atomic mass is 16.6. The Morgan fingerprint density at radius 1 is 1.19 bits per heavy atom. The van der Waals surface area contributed by atoms with Crippen LogP contribution in [0.1, 0.15) is 46.1 Å². The molecule has 8 heteroatoms. The summed E-state index contributed by atoms with van der Waals surface area (Å²) in [5.74, 6) is -1.30. The SMILES string of the molecule is CC(C)C1C[C@@H]([C@H](C[C@H](C(=O)N2C(=O)OC[C@@H]2Cc2ccccc2)C(C)C)N=N)OC1=O. The maximum absolute atomic E-state index is 13.5. The normalized spacial score (nSPS) is 25.1. The molecule has 0 aliphatic carbocycles. The van der Waals surface area contributed by atoms with Crippen molar-refractivity contribution in [2.75, 3.05) is 6.61 Å². The van der Waals surface area contributed by atoms with Crippen LogP contribution < -0.4 is 0 Å². The summed E-state index contributed by atoms with van der Waals surface area (Å²) < 4.78 is 10.7. The number of ether oxygens (including phenoxy) is 2. The number of imide groups is 1. The highest BCUT2D eigenvalue weighted by Gasteiger charge is 2.45. The molecule has 2 amide bonds. The number of benzene rings is 1. The van der Waals surface area contributed by atoms with Crippen molar-refractivity contribution in [2.45, 2.75) is 65.1 Å². The number of carbonyl (C=O) groups is 3. The van der Waals surface area contributed by atoms with Crippen molar-refractivity contribution < 1.29 is 23.9 Å². The molecule has 1 unspecified atom stereocenters. The summed E-state index contributed by atoms with van der Waals surface area (Å²) in [4.78, 5) is 39.4. The maximum Gasteiger partial charge on any atom is 0.416 e. The zero-order valence-electron chi connectivity index (χ0n) is 19.2. The molecular formula is C24H33N3O5. The van der Waals surface area contributed by atoms with Gasteiger partial charge in [0, 0.05) is 12.3 Å². The van der Waals surface area contributed by atoms with E-state index < -0.39 is 24.2 Å². The molecule has 8 nitrogen and oxygen atoms in total. The largest absolute Gasteiger partial charge is 0.460 e. The smallest absolute Gasteiger partial charge is 0.416 e. The number of hydrogen-bond donors (Lipinski definition) is 1. The fourth-order valence-corrected chi connectivity index (χ4v) is 4.56. The van der Waals surface area contributed by atoms with E-state index in [4.69, 9.17) is 15.0 Å². The highest BCUT2D eigenvalue weighted by molar-refractivity contribution is 5.95. The number of rotatable bonds is 9. The first-order valence-electron chi connectivity index (χ1n) is 11.3. The Kier molecular flexibility index (Phi) is 7.64. The van der Waals surface area contributed by atoms with Crippen LogP contribution >= 0.6 is 0 Å². The third-order valence-electron chi connectivity index (χ3n) is 6.59. The molecule has 174 valence electrons. The molecule has 2 fully saturated rings. The predicted octanol–water partition coefficient (Wildman–Crippen LogP) is 4.23. The van der Waals surface area contributed by atoms with Gasteiger partial charge in [-0.25, -0.2) is 15.2 Å². The molecule has 0 bridgehead atoms. The molecule has 2 aliphatic rings. The average Bonchev–Trinajstić information content (AvgIpc) is 3.31. The van der Waals surface area contributed by atoms with Gasteiger partial charge in [-0.2, -0.15) is 5.11 Å². The quantitative estimate of drug-likeness (QED) is 0.454. The van der Waals surface area contributed by atoms with E-state index in [0.29, 0.717) is 12.8 Å². The second-order valence-electron chi connectivity index (χ2n) is 9.47. The van der Waals surface area contributed by atoms with Crippen LogP contribution in [0.2, 0.25) is 0 Å². The lowest BCUT2D eigenvalue weighted by Crippen LogP contribution is -2.46. The summed E-state index contributed by atoms with van der Waals surface area (Å²) in [6.45, 7) is 7.91. The van der Waals surface area contributed by atoms with E-state index in [-0.39, 0.29) is 48.7 Å². The van der Waals surface area contributed by atoms with Gasteiger partial charge in [0.2, 0.25) is 5.91 Å². The molecule has 2 aliphatic heterocycles. The molecule has 2 heterocycles. The highest BCUT2D eigenvalue weighted by Crippen LogP contribution is 2.34. The van der Waals surface area contributed by atoms with Crippen LogP contribution in [0, 0.1) is 29.2 Å². The van der Waals surface area contributed by atoms with Crippen LogP contribution in [0.4, 0.5) is 4.79 Å². The molecule has 1 aromatic carbocycles. The lowest BCUT2D eigenvalue weighted by Gasteiger charge is -2.29. The van der Waals surface area contributed by atoms with Gasteiger partial charge in [-0.3, -0.25) is 9.59 Å². The number of esters is 1. The summed E-state index contributed by atoms with van der Waals surface area (Å²) in [6.07, 6.45) is 0.0986. The maximum atomic E-state index is 13.5. The Bertz CT molecular complexity index is 841. The van der Waals surface area contributed by atoms with Crippen molar-refractivity contribution in [3.05, 3.63) is 35.9 Å². The van der Waals surface area contributed by atoms with E-state index >= 15 is 0 Å². The van der Waals surface area contributed by atoms with Crippen LogP contribution in [0.5, 0.6) is 0 Å². The topological polar surface area (TPSA) is 109 Å². The van der Waals surface area contributed by atoms with Gasteiger partial charge >= 0.3 is 12.1 Å². The summed E-state index contributed by atoms with van der Waals surface area (Å²) in [7, 11) is 0. The van der Waals surface area contributed by atoms with Crippen molar-refractivity contribution >= 4 is 18.0 Å². The lowest BCUT2D eigenvalue weighted by atomic mass is 9.84. The van der Waals surface area contributed by atoms with Gasteiger partial charge in [0.1, 0.15) is 18.8 Å². The number of nitrogens with zero attached hydrogens (tertiary/aromatic N) is 2. The molecular weight excluding hydrogens is 410 g/mol. The molecule has 0 radical (unpaired) electrons.